The Bertz CT molecular complexity index is 469. The summed E-state index contributed by atoms with van der Waals surface area (Å²) in [4.78, 5) is 22.7. The van der Waals surface area contributed by atoms with Crippen molar-refractivity contribution in [3.8, 4) is 18.1 Å². The quantitative estimate of drug-likeness (QED) is 0.568. The van der Waals surface area contributed by atoms with Gasteiger partial charge in [0.2, 0.25) is 0 Å². The predicted molar refractivity (Wildman–Crippen MR) is 69.3 cm³/mol. The molecule has 3 heteroatoms. The van der Waals surface area contributed by atoms with Crippen molar-refractivity contribution in [2.45, 2.75) is 20.3 Å². The second-order valence-electron chi connectivity index (χ2n) is 4.12. The standard InChI is InChI=1S/C15H16O3/c1-4-8-18-14-7-5-6-13(9-14)10-15(11(2)16)12(3)17/h1,5-7,9,15H,8,10H2,2-3H3. The topological polar surface area (TPSA) is 43.4 Å². The van der Waals surface area contributed by atoms with Gasteiger partial charge < -0.3 is 4.74 Å². The van der Waals surface area contributed by atoms with Gasteiger partial charge >= 0.3 is 0 Å². The van der Waals surface area contributed by atoms with Crippen LogP contribution in [-0.2, 0) is 16.0 Å². The zero-order valence-electron chi connectivity index (χ0n) is 10.6. The molecule has 0 unspecified atom stereocenters. The summed E-state index contributed by atoms with van der Waals surface area (Å²) in [5.41, 5.74) is 0.889. The molecule has 0 bridgehead atoms. The minimum Gasteiger partial charge on any atom is -0.481 e. The normalized spacial score (nSPS) is 9.89. The van der Waals surface area contributed by atoms with E-state index in [1.807, 2.05) is 12.1 Å². The lowest BCUT2D eigenvalue weighted by molar-refractivity contribution is -0.130. The van der Waals surface area contributed by atoms with Crippen LogP contribution in [0.4, 0.5) is 0 Å². The van der Waals surface area contributed by atoms with E-state index in [0.29, 0.717) is 12.2 Å². The number of carbonyl (C=O) groups excluding carboxylic acids is 2. The molecule has 0 amide bonds. The van der Waals surface area contributed by atoms with E-state index < -0.39 is 5.92 Å². The summed E-state index contributed by atoms with van der Waals surface area (Å²) in [5, 5.41) is 0. The number of ether oxygens (including phenoxy) is 1. The molecule has 0 atom stereocenters. The van der Waals surface area contributed by atoms with Gasteiger partial charge in [0.25, 0.3) is 0 Å². The van der Waals surface area contributed by atoms with Crippen molar-refractivity contribution in [1.82, 2.24) is 0 Å². The first-order valence-corrected chi connectivity index (χ1v) is 5.70. The van der Waals surface area contributed by atoms with Crippen LogP contribution in [0.15, 0.2) is 24.3 Å². The number of benzene rings is 1. The van der Waals surface area contributed by atoms with E-state index in [9.17, 15) is 9.59 Å². The van der Waals surface area contributed by atoms with Crippen LogP contribution in [0.5, 0.6) is 5.75 Å². The summed E-state index contributed by atoms with van der Waals surface area (Å²) in [6.45, 7) is 3.07. The van der Waals surface area contributed by atoms with Crippen LogP contribution in [0.2, 0.25) is 0 Å². The van der Waals surface area contributed by atoms with Crippen molar-refractivity contribution in [2.24, 2.45) is 5.92 Å². The zero-order chi connectivity index (χ0) is 13.5. The summed E-state index contributed by atoms with van der Waals surface area (Å²) >= 11 is 0. The molecule has 0 fully saturated rings. The highest BCUT2D eigenvalue weighted by Gasteiger charge is 2.19. The molecule has 3 nitrogen and oxygen atoms in total. The number of terminal acetylenes is 1. The van der Waals surface area contributed by atoms with Gasteiger partial charge in [0, 0.05) is 0 Å². The Morgan fingerprint density at radius 2 is 2.00 bits per heavy atom. The van der Waals surface area contributed by atoms with Gasteiger partial charge in [-0.25, -0.2) is 0 Å². The summed E-state index contributed by atoms with van der Waals surface area (Å²) in [5.74, 6) is 2.23. The van der Waals surface area contributed by atoms with E-state index in [4.69, 9.17) is 11.2 Å². The largest absolute Gasteiger partial charge is 0.481 e. The van der Waals surface area contributed by atoms with Gasteiger partial charge in [-0.2, -0.15) is 0 Å². The first kappa shape index (κ1) is 14.0. The van der Waals surface area contributed by atoms with Crippen LogP contribution in [0.1, 0.15) is 19.4 Å². The van der Waals surface area contributed by atoms with Crippen LogP contribution >= 0.6 is 0 Å². The fourth-order valence-corrected chi connectivity index (χ4v) is 1.70. The highest BCUT2D eigenvalue weighted by molar-refractivity contribution is 6.00. The van der Waals surface area contributed by atoms with Crippen LogP contribution in [-0.4, -0.2) is 18.2 Å². The van der Waals surface area contributed by atoms with E-state index in [1.54, 1.807) is 12.1 Å². The molecule has 0 saturated carbocycles. The van der Waals surface area contributed by atoms with Crippen LogP contribution < -0.4 is 4.74 Å². The lowest BCUT2D eigenvalue weighted by Gasteiger charge is -2.11. The van der Waals surface area contributed by atoms with Crippen LogP contribution in [0, 0.1) is 18.3 Å². The Morgan fingerprint density at radius 3 is 2.56 bits per heavy atom. The molecule has 0 aliphatic rings. The van der Waals surface area contributed by atoms with Crippen molar-refractivity contribution in [3.63, 3.8) is 0 Å². The van der Waals surface area contributed by atoms with Gasteiger partial charge in [-0.1, -0.05) is 18.1 Å². The highest BCUT2D eigenvalue weighted by Crippen LogP contribution is 2.17. The SMILES string of the molecule is C#CCOc1cccc(CC(C(C)=O)C(C)=O)c1. The lowest BCUT2D eigenvalue weighted by atomic mass is 9.92. The first-order chi connectivity index (χ1) is 8.54. The average molecular weight is 244 g/mol. The van der Waals surface area contributed by atoms with Crippen LogP contribution in [0.25, 0.3) is 0 Å². The molecular formula is C15H16O3. The molecule has 0 N–H and O–H groups in total. The minimum absolute atomic E-state index is 0.113. The van der Waals surface area contributed by atoms with E-state index in [0.717, 1.165) is 5.56 Å². The van der Waals surface area contributed by atoms with E-state index in [2.05, 4.69) is 5.92 Å². The highest BCUT2D eigenvalue weighted by atomic mass is 16.5. The maximum Gasteiger partial charge on any atom is 0.148 e. The van der Waals surface area contributed by atoms with Gasteiger partial charge in [0.1, 0.15) is 23.9 Å². The molecular weight excluding hydrogens is 228 g/mol. The van der Waals surface area contributed by atoms with Gasteiger partial charge in [-0.05, 0) is 38.0 Å². The summed E-state index contributed by atoms with van der Waals surface area (Å²) in [6, 6.07) is 7.27. The molecule has 1 rings (SSSR count). The van der Waals surface area contributed by atoms with E-state index >= 15 is 0 Å². The smallest absolute Gasteiger partial charge is 0.148 e. The summed E-state index contributed by atoms with van der Waals surface area (Å²) in [7, 11) is 0. The van der Waals surface area contributed by atoms with Crippen molar-refractivity contribution >= 4 is 11.6 Å². The monoisotopic (exact) mass is 244 g/mol. The molecule has 18 heavy (non-hydrogen) atoms. The van der Waals surface area contributed by atoms with Crippen LogP contribution in [0.3, 0.4) is 0 Å². The predicted octanol–water partition coefficient (Wildman–Crippen LogP) is 2.04. The van der Waals surface area contributed by atoms with Gasteiger partial charge in [-0.15, -0.1) is 6.42 Å². The maximum absolute atomic E-state index is 11.4. The average Bonchev–Trinajstić information content (AvgIpc) is 2.33. The lowest BCUT2D eigenvalue weighted by Crippen LogP contribution is -2.21. The Hall–Kier alpha value is -2.08. The maximum atomic E-state index is 11.4. The van der Waals surface area contributed by atoms with Crippen molar-refractivity contribution in [3.05, 3.63) is 29.8 Å². The molecule has 94 valence electrons. The molecule has 0 saturated heterocycles. The molecule has 0 spiro atoms. The van der Waals surface area contributed by atoms with E-state index in [1.165, 1.54) is 13.8 Å². The second-order valence-corrected chi connectivity index (χ2v) is 4.12. The molecule has 0 radical (unpaired) electrons. The van der Waals surface area contributed by atoms with E-state index in [-0.39, 0.29) is 18.2 Å². The molecule has 1 aromatic rings. The van der Waals surface area contributed by atoms with Crippen molar-refractivity contribution in [1.29, 1.82) is 0 Å². The fraction of sp³-hybridized carbons (Fsp3) is 0.333. The fourth-order valence-electron chi connectivity index (χ4n) is 1.70. The molecule has 1 aromatic carbocycles. The summed E-state index contributed by atoms with van der Waals surface area (Å²) in [6.07, 6.45) is 5.51. The first-order valence-electron chi connectivity index (χ1n) is 5.70. The number of rotatable bonds is 6. The van der Waals surface area contributed by atoms with Crippen molar-refractivity contribution in [2.75, 3.05) is 6.61 Å². The number of carbonyl (C=O) groups is 2. The van der Waals surface area contributed by atoms with Gasteiger partial charge in [0.15, 0.2) is 0 Å². The summed E-state index contributed by atoms with van der Waals surface area (Å²) < 4.78 is 5.29. The van der Waals surface area contributed by atoms with Gasteiger partial charge in [0.05, 0.1) is 5.92 Å². The Labute approximate surface area is 107 Å². The van der Waals surface area contributed by atoms with Crippen molar-refractivity contribution < 1.29 is 14.3 Å². The van der Waals surface area contributed by atoms with Gasteiger partial charge in [-0.3, -0.25) is 9.59 Å². The number of hydrogen-bond acceptors (Lipinski definition) is 3. The molecule has 0 aliphatic heterocycles. The second kappa shape index (κ2) is 6.61. The number of hydrogen-bond donors (Lipinski definition) is 0. The molecule has 0 aromatic heterocycles. The minimum atomic E-state index is -0.576. The third-order valence-corrected chi connectivity index (χ3v) is 2.64. The zero-order valence-corrected chi connectivity index (χ0v) is 10.6. The third-order valence-electron chi connectivity index (χ3n) is 2.64. The Balaban J connectivity index is 2.80. The Kier molecular flexibility index (Phi) is 5.13. The number of ketones is 2. The molecule has 0 heterocycles. The third kappa shape index (κ3) is 4.06. The molecule has 0 aliphatic carbocycles. The Morgan fingerprint density at radius 1 is 1.33 bits per heavy atom. The number of Topliss-reactive ketones (excluding diaryl/α,β-unsaturated/α-hetero) is 2.